The van der Waals surface area contributed by atoms with Crippen molar-refractivity contribution in [2.45, 2.75) is 31.6 Å². The first-order chi connectivity index (χ1) is 8.82. The van der Waals surface area contributed by atoms with Crippen molar-refractivity contribution in [1.82, 2.24) is 0 Å². The molecule has 1 unspecified atom stereocenters. The third kappa shape index (κ3) is 3.14. The van der Waals surface area contributed by atoms with Crippen molar-refractivity contribution in [2.24, 2.45) is 5.92 Å². The molecule has 0 spiro atoms. The van der Waals surface area contributed by atoms with Crippen LogP contribution in [0, 0.1) is 11.7 Å². The Labute approximate surface area is 122 Å². The van der Waals surface area contributed by atoms with Gasteiger partial charge in [-0.15, -0.1) is 0 Å². The maximum absolute atomic E-state index is 13.9. The number of rotatable bonds is 2. The Morgan fingerprint density at radius 3 is 2.74 bits per heavy atom. The van der Waals surface area contributed by atoms with Gasteiger partial charge in [0.1, 0.15) is 0 Å². The van der Waals surface area contributed by atoms with Crippen LogP contribution in [0.1, 0.15) is 36.0 Å². The fourth-order valence-corrected chi connectivity index (χ4v) is 2.80. The Bertz CT molecular complexity index is 519. The van der Waals surface area contributed by atoms with E-state index in [0.717, 1.165) is 0 Å². The van der Waals surface area contributed by atoms with E-state index in [4.69, 9.17) is 11.6 Å². The zero-order valence-corrected chi connectivity index (χ0v) is 12.2. The summed E-state index contributed by atoms with van der Waals surface area (Å²) in [5.41, 5.74) is -0.212. The summed E-state index contributed by atoms with van der Waals surface area (Å²) in [5, 5.41) is -0.201. The maximum Gasteiger partial charge on any atom is 0.248 e. The molecule has 1 aromatic carbocycles. The van der Waals surface area contributed by atoms with Gasteiger partial charge >= 0.3 is 0 Å². The van der Waals surface area contributed by atoms with Crippen molar-refractivity contribution in [2.75, 3.05) is 0 Å². The zero-order valence-electron chi connectivity index (χ0n) is 9.86. The number of Topliss-reactive ketones (excluding diaryl/α,β-unsaturated/α-hetero) is 1. The van der Waals surface area contributed by atoms with Crippen LogP contribution in [-0.2, 0) is 0 Å². The number of alkyl halides is 2. The highest BCUT2D eigenvalue weighted by Crippen LogP contribution is 2.39. The van der Waals surface area contributed by atoms with E-state index in [1.165, 1.54) is 12.1 Å². The van der Waals surface area contributed by atoms with Crippen LogP contribution in [0.25, 0.3) is 0 Å². The molecular weight excluding hydrogens is 344 g/mol. The summed E-state index contributed by atoms with van der Waals surface area (Å²) in [4.78, 5) is 12.1. The molecule has 1 aromatic rings. The van der Waals surface area contributed by atoms with Gasteiger partial charge in [0.2, 0.25) is 5.92 Å². The molecule has 6 heteroatoms. The number of hydrogen-bond donors (Lipinski definition) is 0. The summed E-state index contributed by atoms with van der Waals surface area (Å²) >= 11 is 8.74. The van der Waals surface area contributed by atoms with Crippen LogP contribution in [0.15, 0.2) is 16.6 Å². The van der Waals surface area contributed by atoms with Gasteiger partial charge in [-0.3, -0.25) is 4.79 Å². The molecule has 0 aliphatic heterocycles. The molecule has 0 N–H and O–H groups in total. The number of carbonyl (C=O) groups is 1. The third-order valence-corrected chi connectivity index (χ3v) is 4.57. The minimum absolute atomic E-state index is 0.201. The van der Waals surface area contributed by atoms with E-state index in [2.05, 4.69) is 15.9 Å². The molecule has 0 heterocycles. The fourth-order valence-electron chi connectivity index (χ4n) is 2.33. The van der Waals surface area contributed by atoms with Gasteiger partial charge in [-0.2, -0.15) is 0 Å². The van der Waals surface area contributed by atoms with Crippen LogP contribution < -0.4 is 0 Å². The molecule has 1 nitrogen and oxygen atoms in total. The van der Waals surface area contributed by atoms with Crippen molar-refractivity contribution < 1.29 is 18.0 Å². The smallest absolute Gasteiger partial charge is 0.248 e. The minimum Gasteiger partial charge on any atom is -0.294 e. The van der Waals surface area contributed by atoms with Gasteiger partial charge in [-0.1, -0.05) is 11.6 Å². The number of benzene rings is 1. The third-order valence-electron chi connectivity index (χ3n) is 3.31. The van der Waals surface area contributed by atoms with E-state index in [0.29, 0.717) is 10.9 Å². The molecule has 0 bridgehead atoms. The molecule has 104 valence electrons. The van der Waals surface area contributed by atoms with Crippen LogP contribution in [0.5, 0.6) is 0 Å². The number of hydrogen-bond acceptors (Lipinski definition) is 1. The van der Waals surface area contributed by atoms with Crippen LogP contribution in [0.3, 0.4) is 0 Å². The second-order valence-corrected chi connectivity index (χ2v) is 5.97. The molecule has 0 amide bonds. The van der Waals surface area contributed by atoms with Gasteiger partial charge in [-0.25, -0.2) is 13.2 Å². The Hall–Kier alpha value is -0.550. The summed E-state index contributed by atoms with van der Waals surface area (Å²) in [6.45, 7) is 0. The highest BCUT2D eigenvalue weighted by molar-refractivity contribution is 9.10. The summed E-state index contributed by atoms with van der Waals surface area (Å²) in [5.74, 6) is -5.12. The van der Waals surface area contributed by atoms with Gasteiger partial charge in [0.15, 0.2) is 11.6 Å². The lowest BCUT2D eigenvalue weighted by Crippen LogP contribution is -2.31. The van der Waals surface area contributed by atoms with Gasteiger partial charge in [0, 0.05) is 23.2 Å². The monoisotopic (exact) mass is 354 g/mol. The molecule has 1 atom stereocenters. The number of ketones is 1. The molecule has 19 heavy (non-hydrogen) atoms. The first kappa shape index (κ1) is 14.9. The quantitative estimate of drug-likeness (QED) is 0.523. The normalized spacial score (nSPS) is 22.3. The summed E-state index contributed by atoms with van der Waals surface area (Å²) in [7, 11) is 0. The number of carbonyl (C=O) groups excluding carboxylic acids is 1. The van der Waals surface area contributed by atoms with Gasteiger partial charge in [0.05, 0.1) is 10.6 Å². The van der Waals surface area contributed by atoms with Crippen LogP contribution in [0.4, 0.5) is 13.2 Å². The Balaban J connectivity index is 2.27. The predicted molar refractivity (Wildman–Crippen MR) is 70.3 cm³/mol. The molecule has 2 rings (SSSR count). The molecular formula is C13H11BrClF3O. The Morgan fingerprint density at radius 2 is 2.11 bits per heavy atom. The molecule has 0 aromatic heterocycles. The summed E-state index contributed by atoms with van der Waals surface area (Å²) < 4.78 is 40.8. The second-order valence-electron chi connectivity index (χ2n) is 4.74. The lowest BCUT2D eigenvalue weighted by molar-refractivity contribution is -0.0478. The van der Waals surface area contributed by atoms with Crippen molar-refractivity contribution in [3.63, 3.8) is 0 Å². The zero-order chi connectivity index (χ0) is 14.2. The van der Waals surface area contributed by atoms with E-state index in [-0.39, 0.29) is 23.4 Å². The van der Waals surface area contributed by atoms with E-state index >= 15 is 0 Å². The van der Waals surface area contributed by atoms with Crippen molar-refractivity contribution in [3.05, 3.63) is 33.0 Å². The molecule has 0 radical (unpaired) electrons. The largest absolute Gasteiger partial charge is 0.294 e. The fraction of sp³-hybridized carbons (Fsp3) is 0.462. The molecule has 0 saturated heterocycles. The first-order valence-corrected chi connectivity index (χ1v) is 7.04. The highest BCUT2D eigenvalue weighted by Gasteiger charge is 2.39. The lowest BCUT2D eigenvalue weighted by Gasteiger charge is -2.28. The van der Waals surface area contributed by atoms with Crippen LogP contribution in [0.2, 0.25) is 5.02 Å². The first-order valence-electron chi connectivity index (χ1n) is 5.87. The highest BCUT2D eigenvalue weighted by atomic mass is 79.9. The topological polar surface area (TPSA) is 17.1 Å². The Kier molecular flexibility index (Phi) is 4.26. The summed E-state index contributed by atoms with van der Waals surface area (Å²) in [6, 6.07) is 2.72. The van der Waals surface area contributed by atoms with E-state index in [1.807, 2.05) is 0 Å². The van der Waals surface area contributed by atoms with E-state index in [9.17, 15) is 18.0 Å². The lowest BCUT2D eigenvalue weighted by atomic mass is 9.82. The Morgan fingerprint density at radius 1 is 1.42 bits per heavy atom. The van der Waals surface area contributed by atoms with Gasteiger partial charge in [0.25, 0.3) is 0 Å². The number of halogens is 5. The molecule has 1 saturated carbocycles. The summed E-state index contributed by atoms with van der Waals surface area (Å²) in [6.07, 6.45) is -0.0872. The van der Waals surface area contributed by atoms with E-state index in [1.54, 1.807) is 0 Å². The molecule has 1 fully saturated rings. The molecule has 1 aliphatic carbocycles. The van der Waals surface area contributed by atoms with Gasteiger partial charge in [-0.05, 0) is 40.9 Å². The predicted octanol–water partition coefficient (Wildman–Crippen LogP) is 5.25. The van der Waals surface area contributed by atoms with Gasteiger partial charge < -0.3 is 0 Å². The SMILES string of the molecule is O=C(c1ccc(Br)c(Cl)c1F)C1CCCC(F)(F)C1. The average Bonchev–Trinajstić information content (AvgIpc) is 2.34. The van der Waals surface area contributed by atoms with Crippen molar-refractivity contribution in [3.8, 4) is 0 Å². The van der Waals surface area contributed by atoms with Crippen molar-refractivity contribution >= 4 is 33.3 Å². The van der Waals surface area contributed by atoms with Crippen LogP contribution >= 0.6 is 27.5 Å². The standard InChI is InChI=1S/C13H11BrClF3O/c14-9-4-3-8(11(16)10(9)15)12(19)7-2-1-5-13(17,18)6-7/h3-4,7H,1-2,5-6H2. The minimum atomic E-state index is -2.84. The van der Waals surface area contributed by atoms with E-state index < -0.39 is 29.9 Å². The average molecular weight is 356 g/mol. The van der Waals surface area contributed by atoms with Crippen LogP contribution in [-0.4, -0.2) is 11.7 Å². The maximum atomic E-state index is 13.9. The molecule has 1 aliphatic rings. The van der Waals surface area contributed by atoms with Crippen molar-refractivity contribution in [1.29, 1.82) is 0 Å². The second kappa shape index (κ2) is 5.44.